The Bertz CT molecular complexity index is 156. The van der Waals surface area contributed by atoms with Gasteiger partial charge < -0.3 is 11.1 Å². The molecule has 0 aromatic heterocycles. The highest BCUT2D eigenvalue weighted by atomic mass is 16.2. The lowest BCUT2D eigenvalue weighted by Crippen LogP contribution is -2.25. The van der Waals surface area contributed by atoms with E-state index in [9.17, 15) is 4.79 Å². The van der Waals surface area contributed by atoms with E-state index >= 15 is 0 Å². The van der Waals surface area contributed by atoms with Crippen LogP contribution in [0.5, 0.6) is 0 Å². The maximum Gasteiger partial charge on any atom is 0.361 e. The van der Waals surface area contributed by atoms with E-state index in [1.165, 1.54) is 0 Å². The molecule has 1 aliphatic rings. The van der Waals surface area contributed by atoms with Gasteiger partial charge in [-0.3, -0.25) is 0 Å². The maximum absolute atomic E-state index is 10.4. The van der Waals surface area contributed by atoms with Crippen molar-refractivity contribution in [1.29, 1.82) is 0 Å². The van der Waals surface area contributed by atoms with Crippen molar-refractivity contribution >= 4 is 6.03 Å². The fourth-order valence-electron chi connectivity index (χ4n) is 0.763. The lowest BCUT2D eigenvalue weighted by molar-refractivity contribution is 0.250. The van der Waals surface area contributed by atoms with Gasteiger partial charge in [0, 0.05) is 0 Å². The molecular formula is C5H10N4O. The Labute approximate surface area is 58.7 Å². The number of hydrogen-bond donors (Lipinski definition) is 2. The van der Waals surface area contributed by atoms with Crippen LogP contribution in [0.4, 0.5) is 4.79 Å². The average Bonchev–Trinajstić information content (AvgIpc) is 2.31. The molecule has 3 N–H and O–H groups in total. The van der Waals surface area contributed by atoms with Crippen LogP contribution in [-0.2, 0) is 0 Å². The van der Waals surface area contributed by atoms with Crippen molar-refractivity contribution in [1.82, 2.24) is 5.32 Å². The summed E-state index contributed by atoms with van der Waals surface area (Å²) in [6.45, 7) is 0.627. The van der Waals surface area contributed by atoms with Gasteiger partial charge in [0.15, 0.2) is 0 Å². The molecule has 0 saturated heterocycles. The number of rotatable bonds is 3. The second kappa shape index (κ2) is 3.26. The second-order valence-corrected chi connectivity index (χ2v) is 2.11. The number of nitrogens with two attached hydrogens (primary N) is 1. The summed E-state index contributed by atoms with van der Waals surface area (Å²) < 4.78 is 0. The van der Waals surface area contributed by atoms with Gasteiger partial charge in [-0.25, -0.2) is 4.79 Å². The lowest BCUT2D eigenvalue weighted by Gasteiger charge is -2.02. The monoisotopic (exact) mass is 142 g/mol. The van der Waals surface area contributed by atoms with E-state index in [0.717, 1.165) is 12.8 Å². The minimum absolute atomic E-state index is 0.129. The second-order valence-electron chi connectivity index (χ2n) is 2.11. The summed E-state index contributed by atoms with van der Waals surface area (Å²) >= 11 is 0. The predicted octanol–water partition coefficient (Wildman–Crippen LogP) is 0.227. The fourth-order valence-corrected chi connectivity index (χ4v) is 0.763. The predicted molar refractivity (Wildman–Crippen MR) is 35.5 cm³/mol. The molecule has 0 spiro atoms. The van der Waals surface area contributed by atoms with E-state index in [1.54, 1.807) is 0 Å². The summed E-state index contributed by atoms with van der Waals surface area (Å²) in [7, 11) is 0. The van der Waals surface area contributed by atoms with Crippen molar-refractivity contribution < 1.29 is 4.79 Å². The topological polar surface area (TPSA) is 79.8 Å². The minimum Gasteiger partial charge on any atom is -0.330 e. The molecule has 0 fully saturated rings. The van der Waals surface area contributed by atoms with Crippen molar-refractivity contribution in [2.45, 2.75) is 19.0 Å². The van der Waals surface area contributed by atoms with E-state index in [0.29, 0.717) is 6.54 Å². The molecule has 5 heteroatoms. The third kappa shape index (κ3) is 1.77. The molecule has 0 saturated carbocycles. The van der Waals surface area contributed by atoms with Crippen LogP contribution in [0.1, 0.15) is 12.8 Å². The van der Waals surface area contributed by atoms with E-state index in [-0.39, 0.29) is 12.2 Å². The third-order valence-corrected chi connectivity index (χ3v) is 1.26. The van der Waals surface area contributed by atoms with Crippen LogP contribution in [0.2, 0.25) is 0 Å². The number of carbonyl (C=O) groups excluding carboxylic acids is 1. The highest BCUT2D eigenvalue weighted by Crippen LogP contribution is 2.04. The van der Waals surface area contributed by atoms with Gasteiger partial charge >= 0.3 is 6.03 Å². The quantitative estimate of drug-likeness (QED) is 0.591. The van der Waals surface area contributed by atoms with Gasteiger partial charge in [-0.05, 0) is 19.4 Å². The van der Waals surface area contributed by atoms with Crippen LogP contribution in [0, 0.1) is 0 Å². The summed E-state index contributed by atoms with van der Waals surface area (Å²) in [6.07, 6.45) is 1.52. The molecule has 0 aliphatic carbocycles. The fraction of sp³-hybridized carbons (Fsp3) is 0.800. The normalized spacial score (nSPS) is 23.3. The first-order valence-electron chi connectivity index (χ1n) is 3.24. The van der Waals surface area contributed by atoms with Gasteiger partial charge in [-0.15, -0.1) is 0 Å². The number of amides is 2. The van der Waals surface area contributed by atoms with Crippen molar-refractivity contribution in [2.75, 3.05) is 6.54 Å². The maximum atomic E-state index is 10.4. The largest absolute Gasteiger partial charge is 0.361 e. The van der Waals surface area contributed by atoms with Gasteiger partial charge in [0.1, 0.15) is 6.17 Å². The van der Waals surface area contributed by atoms with E-state index < -0.39 is 0 Å². The van der Waals surface area contributed by atoms with E-state index in [4.69, 9.17) is 5.73 Å². The number of nitrogens with zero attached hydrogens (tertiary/aromatic N) is 2. The Hall–Kier alpha value is -0.970. The zero-order valence-corrected chi connectivity index (χ0v) is 5.58. The summed E-state index contributed by atoms with van der Waals surface area (Å²) in [5, 5.41) is 9.53. The first kappa shape index (κ1) is 7.14. The summed E-state index contributed by atoms with van der Waals surface area (Å²) in [6, 6.07) is -0.345. The molecule has 1 aliphatic heterocycles. The standard InChI is InChI=1S/C5H10N4O/c6-3-1-2-4-7-5(10)9-8-4/h4H,1-3,6H2,(H,7,10). The van der Waals surface area contributed by atoms with Crippen molar-refractivity contribution in [3.05, 3.63) is 0 Å². The van der Waals surface area contributed by atoms with Gasteiger partial charge in [-0.1, -0.05) is 5.11 Å². The number of urea groups is 1. The molecule has 0 radical (unpaired) electrons. The molecule has 0 aromatic carbocycles. The molecule has 56 valence electrons. The van der Waals surface area contributed by atoms with Crippen LogP contribution >= 0.6 is 0 Å². The molecule has 1 atom stereocenters. The van der Waals surface area contributed by atoms with Crippen LogP contribution in [0.25, 0.3) is 0 Å². The Morgan fingerprint density at radius 2 is 2.50 bits per heavy atom. The summed E-state index contributed by atoms with van der Waals surface area (Å²) in [4.78, 5) is 10.4. The minimum atomic E-state index is -0.345. The van der Waals surface area contributed by atoms with Gasteiger partial charge in [0.05, 0.1) is 0 Å². The highest BCUT2D eigenvalue weighted by molar-refractivity contribution is 5.75. The van der Waals surface area contributed by atoms with Crippen molar-refractivity contribution in [3.8, 4) is 0 Å². The van der Waals surface area contributed by atoms with Crippen molar-refractivity contribution in [3.63, 3.8) is 0 Å². The van der Waals surface area contributed by atoms with Crippen LogP contribution in [-0.4, -0.2) is 18.7 Å². The molecular weight excluding hydrogens is 132 g/mol. The number of hydrogen-bond acceptors (Lipinski definition) is 3. The SMILES string of the molecule is NCCCC1N=NC(=O)N1. The number of nitrogens with one attached hydrogen (secondary N) is 1. The Balaban J connectivity index is 2.20. The average molecular weight is 142 g/mol. The van der Waals surface area contributed by atoms with E-state index in [1.807, 2.05) is 0 Å². The molecule has 1 rings (SSSR count). The molecule has 5 nitrogen and oxygen atoms in total. The summed E-state index contributed by atoms with van der Waals surface area (Å²) in [5.41, 5.74) is 5.26. The first-order chi connectivity index (χ1) is 4.83. The zero-order chi connectivity index (χ0) is 7.40. The number of azo groups is 1. The van der Waals surface area contributed by atoms with Crippen LogP contribution < -0.4 is 11.1 Å². The Kier molecular flexibility index (Phi) is 2.33. The van der Waals surface area contributed by atoms with E-state index in [2.05, 4.69) is 15.5 Å². The molecule has 0 bridgehead atoms. The van der Waals surface area contributed by atoms with Gasteiger partial charge in [0.2, 0.25) is 0 Å². The highest BCUT2D eigenvalue weighted by Gasteiger charge is 2.15. The molecule has 2 amide bonds. The molecule has 1 heterocycles. The molecule has 0 aromatic rings. The Morgan fingerprint density at radius 1 is 1.70 bits per heavy atom. The Morgan fingerprint density at radius 3 is 3.00 bits per heavy atom. The van der Waals surface area contributed by atoms with Crippen LogP contribution in [0.15, 0.2) is 10.2 Å². The molecule has 10 heavy (non-hydrogen) atoms. The number of carbonyl (C=O) groups is 1. The van der Waals surface area contributed by atoms with Crippen LogP contribution in [0.3, 0.4) is 0 Å². The first-order valence-corrected chi connectivity index (χ1v) is 3.24. The summed E-state index contributed by atoms with van der Waals surface area (Å²) in [5.74, 6) is 0. The van der Waals surface area contributed by atoms with Gasteiger partial charge in [0.25, 0.3) is 0 Å². The lowest BCUT2D eigenvalue weighted by atomic mass is 10.2. The van der Waals surface area contributed by atoms with Gasteiger partial charge in [-0.2, -0.15) is 5.11 Å². The molecule has 1 unspecified atom stereocenters. The zero-order valence-electron chi connectivity index (χ0n) is 5.58. The third-order valence-electron chi connectivity index (χ3n) is 1.26. The smallest absolute Gasteiger partial charge is 0.330 e. The van der Waals surface area contributed by atoms with Crippen molar-refractivity contribution in [2.24, 2.45) is 16.0 Å².